The van der Waals surface area contributed by atoms with Crippen LogP contribution in [0.2, 0.25) is 0 Å². The second-order valence-corrected chi connectivity index (χ2v) is 8.03. The molecule has 118 valence electrons. The number of hydrogen-bond acceptors (Lipinski definition) is 3. The molecule has 1 saturated heterocycles. The lowest BCUT2D eigenvalue weighted by atomic mass is 10.2. The first kappa shape index (κ1) is 15.5. The van der Waals surface area contributed by atoms with E-state index in [1.807, 2.05) is 24.3 Å². The van der Waals surface area contributed by atoms with Crippen molar-refractivity contribution in [1.82, 2.24) is 8.28 Å². The maximum Gasteiger partial charge on any atom is 0.379 e. The molecule has 0 bridgehead atoms. The highest BCUT2D eigenvalue weighted by Gasteiger charge is 2.31. The Morgan fingerprint density at radius 1 is 1.09 bits per heavy atom. The first-order valence-electron chi connectivity index (χ1n) is 7.01. The smallest absolute Gasteiger partial charge is 0.369 e. The van der Waals surface area contributed by atoms with Crippen LogP contribution in [0.5, 0.6) is 0 Å². The molecule has 8 heteroatoms. The van der Waals surface area contributed by atoms with E-state index in [2.05, 4.69) is 20.8 Å². The number of aromatic nitrogens is 2. The van der Waals surface area contributed by atoms with E-state index in [1.54, 1.807) is 30.3 Å². The predicted octanol–water partition coefficient (Wildman–Crippen LogP) is 0.990. The van der Waals surface area contributed by atoms with Gasteiger partial charge in [-0.25, -0.2) is 4.57 Å². The second-order valence-electron chi connectivity index (χ2n) is 5.28. The van der Waals surface area contributed by atoms with Gasteiger partial charge < -0.3 is 4.90 Å². The molecule has 0 unspecified atom stereocenters. The molecule has 2 heterocycles. The van der Waals surface area contributed by atoms with Crippen LogP contribution in [0.25, 0.3) is 0 Å². The van der Waals surface area contributed by atoms with Gasteiger partial charge in [0.15, 0.2) is 0 Å². The lowest BCUT2D eigenvalue weighted by Gasteiger charge is -2.34. The maximum atomic E-state index is 12.5. The molecule has 0 radical (unpaired) electrons. The Hall–Kier alpha value is -1.38. The van der Waals surface area contributed by atoms with Crippen molar-refractivity contribution in [2.24, 2.45) is 7.05 Å². The van der Waals surface area contributed by atoms with E-state index in [0.717, 1.165) is 10.2 Å². The number of halogens is 1. The van der Waals surface area contributed by atoms with E-state index in [0.29, 0.717) is 26.2 Å². The molecule has 1 aromatic carbocycles. The van der Waals surface area contributed by atoms with Gasteiger partial charge in [0.1, 0.15) is 12.4 Å². The second kappa shape index (κ2) is 6.02. The third-order valence-electron chi connectivity index (χ3n) is 3.77. The van der Waals surface area contributed by atoms with Gasteiger partial charge in [0.2, 0.25) is 0 Å². The summed E-state index contributed by atoms with van der Waals surface area (Å²) in [6.45, 7) is 2.35. The van der Waals surface area contributed by atoms with E-state index in [1.165, 1.54) is 8.28 Å². The highest BCUT2D eigenvalue weighted by atomic mass is 79.9. The van der Waals surface area contributed by atoms with Gasteiger partial charge >= 0.3 is 10.2 Å². The Kier molecular flexibility index (Phi) is 4.24. The number of benzene rings is 1. The molecule has 0 amide bonds. The molecule has 6 nitrogen and oxygen atoms in total. The van der Waals surface area contributed by atoms with Crippen LogP contribution in [0.4, 0.5) is 5.69 Å². The van der Waals surface area contributed by atoms with Crippen LogP contribution < -0.4 is 9.47 Å². The lowest BCUT2D eigenvalue weighted by molar-refractivity contribution is -0.670. The Bertz CT molecular complexity index is 749. The van der Waals surface area contributed by atoms with Crippen molar-refractivity contribution in [3.63, 3.8) is 0 Å². The highest BCUT2D eigenvalue weighted by Crippen LogP contribution is 2.20. The predicted molar refractivity (Wildman–Crippen MR) is 87.9 cm³/mol. The van der Waals surface area contributed by atoms with Crippen LogP contribution in [0.15, 0.2) is 47.5 Å². The Morgan fingerprint density at radius 3 is 2.27 bits per heavy atom. The molecule has 1 aliphatic heterocycles. The fourth-order valence-corrected chi connectivity index (χ4v) is 4.16. The highest BCUT2D eigenvalue weighted by molar-refractivity contribution is 9.10. The molecule has 0 spiro atoms. The fourth-order valence-electron chi connectivity index (χ4n) is 2.53. The van der Waals surface area contributed by atoms with Crippen LogP contribution in [-0.2, 0) is 17.3 Å². The number of piperazine rings is 1. The van der Waals surface area contributed by atoms with Crippen LogP contribution in [0.3, 0.4) is 0 Å². The summed E-state index contributed by atoms with van der Waals surface area (Å²) in [5.41, 5.74) is 1.12. The summed E-state index contributed by atoms with van der Waals surface area (Å²) in [4.78, 5) is 2.20. The minimum Gasteiger partial charge on any atom is -0.369 e. The molecular formula is C14H18BrN4O2S+. The molecule has 2 aromatic rings. The summed E-state index contributed by atoms with van der Waals surface area (Å²) >= 11 is 3.42. The molecule has 0 aliphatic carbocycles. The monoisotopic (exact) mass is 385 g/mol. The van der Waals surface area contributed by atoms with Crippen molar-refractivity contribution in [3.05, 3.63) is 47.5 Å². The van der Waals surface area contributed by atoms with E-state index in [4.69, 9.17) is 0 Å². The summed E-state index contributed by atoms with van der Waals surface area (Å²) in [5, 5.41) is 0. The van der Waals surface area contributed by atoms with Gasteiger partial charge in [-0.2, -0.15) is 12.7 Å². The zero-order chi connectivity index (χ0) is 15.7. The Labute approximate surface area is 138 Å². The first-order valence-corrected chi connectivity index (χ1v) is 9.20. The van der Waals surface area contributed by atoms with Crippen molar-refractivity contribution >= 4 is 31.8 Å². The van der Waals surface area contributed by atoms with Gasteiger partial charge in [-0.15, -0.1) is 3.97 Å². The van der Waals surface area contributed by atoms with Gasteiger partial charge in [0, 0.05) is 36.3 Å². The molecule has 0 atom stereocenters. The molecule has 22 heavy (non-hydrogen) atoms. The van der Waals surface area contributed by atoms with E-state index in [-0.39, 0.29) is 0 Å². The van der Waals surface area contributed by atoms with Crippen molar-refractivity contribution in [2.75, 3.05) is 31.1 Å². The van der Waals surface area contributed by atoms with Gasteiger partial charge in [-0.1, -0.05) is 15.9 Å². The topological polar surface area (TPSA) is 49.4 Å². The van der Waals surface area contributed by atoms with E-state index < -0.39 is 10.2 Å². The van der Waals surface area contributed by atoms with E-state index in [9.17, 15) is 8.42 Å². The van der Waals surface area contributed by atoms with Crippen molar-refractivity contribution < 1.29 is 13.0 Å². The number of rotatable bonds is 3. The van der Waals surface area contributed by atoms with Gasteiger partial charge in [-0.3, -0.25) is 0 Å². The molecule has 1 fully saturated rings. The van der Waals surface area contributed by atoms with Crippen LogP contribution in [0.1, 0.15) is 0 Å². The Morgan fingerprint density at radius 2 is 1.73 bits per heavy atom. The average molecular weight is 386 g/mol. The maximum absolute atomic E-state index is 12.5. The van der Waals surface area contributed by atoms with Gasteiger partial charge in [0.25, 0.3) is 6.33 Å². The Balaban J connectivity index is 1.70. The summed E-state index contributed by atoms with van der Waals surface area (Å²) in [7, 11) is -1.66. The number of aryl methyl sites for hydroxylation is 1. The summed E-state index contributed by atoms with van der Waals surface area (Å²) < 4.78 is 30.6. The largest absolute Gasteiger partial charge is 0.379 e. The van der Waals surface area contributed by atoms with Crippen molar-refractivity contribution in [3.8, 4) is 0 Å². The third-order valence-corrected chi connectivity index (χ3v) is 6.06. The minimum atomic E-state index is -3.46. The third kappa shape index (κ3) is 3.04. The quantitative estimate of drug-likeness (QED) is 0.740. The number of nitrogens with zero attached hydrogens (tertiary/aromatic N) is 4. The summed E-state index contributed by atoms with van der Waals surface area (Å²) in [6.07, 6.45) is 4.85. The standard InChI is InChI=1S/C14H18BrN4O2S/c1-16-6-9-19(12-16)22(20,21)18-10-7-17(8-11-18)14-4-2-13(15)3-5-14/h2-6,9,12H,7-8,10-11H2,1H3/q+1. The SMILES string of the molecule is C[n+]1ccn(S(=O)(=O)N2CCN(c3ccc(Br)cc3)CC2)c1. The molecule has 1 aliphatic rings. The zero-order valence-electron chi connectivity index (χ0n) is 12.3. The van der Waals surface area contributed by atoms with Crippen molar-refractivity contribution in [1.29, 1.82) is 0 Å². The normalized spacial score (nSPS) is 16.9. The van der Waals surface area contributed by atoms with Gasteiger partial charge in [-0.05, 0) is 24.3 Å². The minimum absolute atomic E-state index is 0.486. The summed E-state index contributed by atoms with van der Waals surface area (Å²) in [6, 6.07) is 8.08. The van der Waals surface area contributed by atoms with Crippen molar-refractivity contribution in [2.45, 2.75) is 0 Å². The lowest BCUT2D eigenvalue weighted by Crippen LogP contribution is -2.50. The van der Waals surface area contributed by atoms with Crippen LogP contribution >= 0.6 is 15.9 Å². The summed E-state index contributed by atoms with van der Waals surface area (Å²) in [5.74, 6) is 0. The van der Waals surface area contributed by atoms with Crippen LogP contribution in [0, 0.1) is 0 Å². The average Bonchev–Trinajstić information content (AvgIpc) is 2.96. The molecular weight excluding hydrogens is 368 g/mol. The van der Waals surface area contributed by atoms with Crippen LogP contribution in [-0.4, -0.2) is 42.9 Å². The number of anilines is 1. The number of hydrogen-bond donors (Lipinski definition) is 0. The van der Waals surface area contributed by atoms with E-state index >= 15 is 0 Å². The molecule has 3 rings (SSSR count). The molecule has 0 saturated carbocycles. The zero-order valence-corrected chi connectivity index (χ0v) is 14.7. The first-order chi connectivity index (χ1) is 10.5. The molecule has 1 aromatic heterocycles. The molecule has 0 N–H and O–H groups in total. The fraction of sp³-hybridized carbons (Fsp3) is 0.357. The van der Waals surface area contributed by atoms with Gasteiger partial charge in [0.05, 0.1) is 7.05 Å². The number of imidazole rings is 1.